The van der Waals surface area contributed by atoms with E-state index in [0.29, 0.717) is 0 Å². The zero-order valence-electron chi connectivity index (χ0n) is 11.0. The van der Waals surface area contributed by atoms with E-state index in [2.05, 4.69) is 10.3 Å². The number of hydrogen-bond donors (Lipinski definition) is 1. The summed E-state index contributed by atoms with van der Waals surface area (Å²) in [4.78, 5) is 18.0. The van der Waals surface area contributed by atoms with Gasteiger partial charge in [-0.05, 0) is 25.0 Å². The minimum absolute atomic E-state index is 0.0782. The van der Waals surface area contributed by atoms with Gasteiger partial charge in [-0.1, -0.05) is 13.8 Å². The van der Waals surface area contributed by atoms with Crippen molar-refractivity contribution in [1.82, 2.24) is 4.98 Å². The van der Waals surface area contributed by atoms with E-state index in [1.54, 1.807) is 6.20 Å². The maximum atomic E-state index is 11.8. The second-order valence-corrected chi connectivity index (χ2v) is 4.30. The van der Waals surface area contributed by atoms with Crippen molar-refractivity contribution in [2.24, 2.45) is 5.92 Å². The van der Waals surface area contributed by atoms with Gasteiger partial charge in [-0.3, -0.25) is 4.79 Å². The Morgan fingerprint density at radius 1 is 1.35 bits per heavy atom. The summed E-state index contributed by atoms with van der Waals surface area (Å²) in [5.41, 5.74) is 0.757. The highest BCUT2D eigenvalue weighted by Gasteiger charge is 2.14. The average Bonchev–Trinajstić information content (AvgIpc) is 2.31. The number of nitrogens with zero attached hydrogens (tertiary/aromatic N) is 2. The number of nitrogens with one attached hydrogen (secondary N) is 1. The number of aromatic nitrogens is 1. The summed E-state index contributed by atoms with van der Waals surface area (Å²) in [5, 5.41) is 2.89. The Morgan fingerprint density at radius 2 is 2.00 bits per heavy atom. The van der Waals surface area contributed by atoms with Crippen LogP contribution in [0.5, 0.6) is 0 Å². The molecule has 1 heterocycles. The molecule has 4 heteroatoms. The first-order valence-electron chi connectivity index (χ1n) is 6.02. The fraction of sp³-hybridized carbons (Fsp3) is 0.538. The molecule has 0 atom stereocenters. The molecule has 4 nitrogen and oxygen atoms in total. The normalized spacial score (nSPS) is 10.4. The van der Waals surface area contributed by atoms with Crippen LogP contribution in [0.4, 0.5) is 11.5 Å². The monoisotopic (exact) mass is 235 g/mol. The summed E-state index contributed by atoms with van der Waals surface area (Å²) in [6, 6.07) is 3.77. The lowest BCUT2D eigenvalue weighted by Crippen LogP contribution is -2.21. The van der Waals surface area contributed by atoms with Crippen LogP contribution in [0.1, 0.15) is 26.7 Å². The lowest BCUT2D eigenvalue weighted by Gasteiger charge is -2.14. The van der Waals surface area contributed by atoms with Gasteiger partial charge in [0.15, 0.2) is 0 Å². The molecule has 0 unspecified atom stereocenters. The molecule has 0 aliphatic carbocycles. The predicted octanol–water partition coefficient (Wildman–Crippen LogP) is 2.52. The van der Waals surface area contributed by atoms with Crippen LogP contribution in [-0.2, 0) is 4.79 Å². The van der Waals surface area contributed by atoms with Crippen molar-refractivity contribution in [1.29, 1.82) is 0 Å². The van der Waals surface area contributed by atoms with Gasteiger partial charge in [0, 0.05) is 20.0 Å². The molecule has 94 valence electrons. The summed E-state index contributed by atoms with van der Waals surface area (Å²) in [6.07, 6.45) is 3.42. The second-order valence-electron chi connectivity index (χ2n) is 4.30. The SMILES string of the molecule is CCC(CC)C(=O)Nc1ccc(N(C)C)nc1. The van der Waals surface area contributed by atoms with Crippen LogP contribution in [-0.4, -0.2) is 25.0 Å². The van der Waals surface area contributed by atoms with Gasteiger partial charge in [-0.2, -0.15) is 0 Å². The van der Waals surface area contributed by atoms with Crippen LogP contribution in [0, 0.1) is 5.92 Å². The fourth-order valence-electron chi connectivity index (χ4n) is 1.63. The van der Waals surface area contributed by atoms with Crippen molar-refractivity contribution in [2.45, 2.75) is 26.7 Å². The molecule has 1 amide bonds. The van der Waals surface area contributed by atoms with Gasteiger partial charge in [0.2, 0.25) is 5.91 Å². The van der Waals surface area contributed by atoms with Crippen LogP contribution in [0.2, 0.25) is 0 Å². The van der Waals surface area contributed by atoms with Crippen LogP contribution < -0.4 is 10.2 Å². The Labute approximate surface area is 103 Å². The van der Waals surface area contributed by atoms with Crippen molar-refractivity contribution in [3.05, 3.63) is 18.3 Å². The van der Waals surface area contributed by atoms with Crippen molar-refractivity contribution in [3.8, 4) is 0 Å². The van der Waals surface area contributed by atoms with Crippen LogP contribution in [0.15, 0.2) is 18.3 Å². The Kier molecular flexibility index (Phi) is 4.94. The standard InChI is InChI=1S/C13H21N3O/c1-5-10(6-2)13(17)15-11-7-8-12(14-9-11)16(3)4/h7-10H,5-6H2,1-4H3,(H,15,17). The Hall–Kier alpha value is -1.58. The van der Waals surface area contributed by atoms with Crippen molar-refractivity contribution >= 4 is 17.4 Å². The van der Waals surface area contributed by atoms with E-state index in [0.717, 1.165) is 24.3 Å². The van der Waals surface area contributed by atoms with Gasteiger partial charge in [-0.15, -0.1) is 0 Å². The van der Waals surface area contributed by atoms with E-state index in [9.17, 15) is 4.79 Å². The highest BCUT2D eigenvalue weighted by Crippen LogP contribution is 2.15. The third-order valence-electron chi connectivity index (χ3n) is 2.83. The van der Waals surface area contributed by atoms with Gasteiger partial charge >= 0.3 is 0 Å². The third-order valence-corrected chi connectivity index (χ3v) is 2.83. The third kappa shape index (κ3) is 3.73. The fourth-order valence-corrected chi connectivity index (χ4v) is 1.63. The van der Waals surface area contributed by atoms with Gasteiger partial charge in [0.25, 0.3) is 0 Å². The summed E-state index contributed by atoms with van der Waals surface area (Å²) < 4.78 is 0. The summed E-state index contributed by atoms with van der Waals surface area (Å²) in [5.74, 6) is 1.04. The summed E-state index contributed by atoms with van der Waals surface area (Å²) in [6.45, 7) is 4.06. The molecule has 1 aromatic heterocycles. The molecule has 0 aromatic carbocycles. The smallest absolute Gasteiger partial charge is 0.227 e. The molecule has 1 N–H and O–H groups in total. The minimum Gasteiger partial charge on any atom is -0.363 e. The highest BCUT2D eigenvalue weighted by atomic mass is 16.1. The molecule has 1 rings (SSSR count). The van der Waals surface area contributed by atoms with Gasteiger partial charge < -0.3 is 10.2 Å². The van der Waals surface area contributed by atoms with Crippen LogP contribution >= 0.6 is 0 Å². The van der Waals surface area contributed by atoms with Crippen LogP contribution in [0.3, 0.4) is 0 Å². The Balaban J connectivity index is 2.66. The topological polar surface area (TPSA) is 45.2 Å². The van der Waals surface area contributed by atoms with Crippen molar-refractivity contribution < 1.29 is 4.79 Å². The molecule has 0 fully saturated rings. The van der Waals surface area contributed by atoms with Gasteiger partial charge in [-0.25, -0.2) is 4.98 Å². The van der Waals surface area contributed by atoms with E-state index in [1.165, 1.54) is 0 Å². The Morgan fingerprint density at radius 3 is 2.41 bits per heavy atom. The van der Waals surface area contributed by atoms with Crippen molar-refractivity contribution in [2.75, 3.05) is 24.3 Å². The molecular formula is C13H21N3O. The first-order valence-corrected chi connectivity index (χ1v) is 6.02. The lowest BCUT2D eigenvalue weighted by molar-refractivity contribution is -0.120. The first-order chi connectivity index (χ1) is 8.08. The average molecular weight is 235 g/mol. The quantitative estimate of drug-likeness (QED) is 0.853. The van der Waals surface area contributed by atoms with Crippen LogP contribution in [0.25, 0.3) is 0 Å². The molecule has 17 heavy (non-hydrogen) atoms. The number of rotatable bonds is 5. The van der Waals surface area contributed by atoms with Crippen molar-refractivity contribution in [3.63, 3.8) is 0 Å². The predicted molar refractivity (Wildman–Crippen MR) is 71.3 cm³/mol. The summed E-state index contributed by atoms with van der Waals surface area (Å²) in [7, 11) is 3.87. The number of anilines is 2. The van der Waals surface area contributed by atoms with E-state index in [-0.39, 0.29) is 11.8 Å². The number of pyridine rings is 1. The van der Waals surface area contributed by atoms with Gasteiger partial charge in [0.1, 0.15) is 5.82 Å². The minimum atomic E-state index is 0.0782. The van der Waals surface area contributed by atoms with E-state index in [4.69, 9.17) is 0 Å². The maximum absolute atomic E-state index is 11.8. The number of amides is 1. The molecule has 0 radical (unpaired) electrons. The molecule has 0 aliphatic heterocycles. The zero-order valence-corrected chi connectivity index (χ0v) is 11.0. The lowest BCUT2D eigenvalue weighted by atomic mass is 10.0. The second kappa shape index (κ2) is 6.23. The molecule has 0 saturated heterocycles. The molecule has 0 aliphatic rings. The molecular weight excluding hydrogens is 214 g/mol. The number of carbonyl (C=O) groups excluding carboxylic acids is 1. The highest BCUT2D eigenvalue weighted by molar-refractivity contribution is 5.92. The maximum Gasteiger partial charge on any atom is 0.227 e. The zero-order chi connectivity index (χ0) is 12.8. The van der Waals surface area contributed by atoms with Gasteiger partial charge in [0.05, 0.1) is 11.9 Å². The first kappa shape index (κ1) is 13.5. The van der Waals surface area contributed by atoms with E-state index in [1.807, 2.05) is 45.0 Å². The molecule has 0 saturated carbocycles. The van der Waals surface area contributed by atoms with E-state index < -0.39 is 0 Å². The molecule has 0 bridgehead atoms. The summed E-state index contributed by atoms with van der Waals surface area (Å²) >= 11 is 0. The number of carbonyl (C=O) groups is 1. The Bertz CT molecular complexity index is 355. The largest absolute Gasteiger partial charge is 0.363 e. The molecule has 1 aromatic rings. The number of hydrogen-bond acceptors (Lipinski definition) is 3. The molecule has 0 spiro atoms. The van der Waals surface area contributed by atoms with E-state index >= 15 is 0 Å².